The maximum Gasteiger partial charge on any atom is 0.138 e. The summed E-state index contributed by atoms with van der Waals surface area (Å²) in [6.07, 6.45) is 8.98. The van der Waals surface area contributed by atoms with Crippen LogP contribution in [0.15, 0.2) is 92.7 Å². The van der Waals surface area contributed by atoms with Crippen molar-refractivity contribution in [3.63, 3.8) is 0 Å². The van der Waals surface area contributed by atoms with E-state index in [9.17, 15) is 42.1 Å². The fourth-order valence-corrected chi connectivity index (χ4v) is 6.60. The molecule has 0 saturated carbocycles. The van der Waals surface area contributed by atoms with Crippen LogP contribution in [0.5, 0.6) is 0 Å². The van der Waals surface area contributed by atoms with Gasteiger partial charge in [-0.1, -0.05) is 37.3 Å². The number of benzene rings is 1. The van der Waals surface area contributed by atoms with E-state index in [-0.39, 0.29) is 53.9 Å². The Morgan fingerprint density at radius 1 is 0.804 bits per heavy atom. The normalized spacial score (nSPS) is 21.4. The van der Waals surface area contributed by atoms with Gasteiger partial charge in [-0.2, -0.15) is 42.1 Å². The van der Waals surface area contributed by atoms with Crippen molar-refractivity contribution in [1.29, 1.82) is 42.1 Å². The molecule has 0 N–H and O–H groups in total. The number of nitrogens with zero attached hydrogens (tertiary/aromatic N) is 8. The molecule has 246 valence electrons. The second-order valence-electron chi connectivity index (χ2n) is 11.6. The molecule has 3 aliphatic rings. The van der Waals surface area contributed by atoms with Crippen molar-refractivity contribution in [3.05, 3.63) is 115 Å². The fraction of sp³-hybridized carbons (Fsp3) is 0.268. The van der Waals surface area contributed by atoms with E-state index in [2.05, 4.69) is 24.3 Å². The maximum absolute atomic E-state index is 10.5. The first-order valence-corrected chi connectivity index (χ1v) is 16.1. The third kappa shape index (κ3) is 7.22. The van der Waals surface area contributed by atoms with E-state index < -0.39 is 11.8 Å². The van der Waals surface area contributed by atoms with Crippen molar-refractivity contribution < 1.29 is 9.47 Å². The molecule has 0 fully saturated rings. The predicted molar refractivity (Wildman–Crippen MR) is 185 cm³/mol. The summed E-state index contributed by atoms with van der Waals surface area (Å²) in [4.78, 5) is 0. The number of ether oxygens (including phenoxy) is 2. The zero-order valence-electron chi connectivity index (χ0n) is 28.3. The quantitative estimate of drug-likeness (QED) is 0.253. The lowest BCUT2D eigenvalue weighted by Crippen LogP contribution is -2.16. The van der Waals surface area contributed by atoms with Crippen LogP contribution in [0.25, 0.3) is 11.1 Å². The molecule has 0 aromatic heterocycles. The molecule has 0 bridgehead atoms. The zero-order chi connectivity index (χ0) is 37.1. The molecule has 2 unspecified atom stereocenters. The van der Waals surface area contributed by atoms with E-state index in [1.54, 1.807) is 43.4 Å². The number of nitriles is 8. The Bertz CT molecular complexity index is 2250. The number of hydrogen-bond acceptors (Lipinski definition) is 10. The summed E-state index contributed by atoms with van der Waals surface area (Å²) in [5.41, 5.74) is 4.56. The van der Waals surface area contributed by atoms with E-state index in [1.807, 2.05) is 44.2 Å². The van der Waals surface area contributed by atoms with Crippen LogP contribution in [0, 0.1) is 102 Å². The lowest BCUT2D eigenvalue weighted by molar-refractivity contribution is 0.134. The van der Waals surface area contributed by atoms with Gasteiger partial charge in [-0.3, -0.25) is 0 Å². The number of rotatable bonds is 8. The van der Waals surface area contributed by atoms with Gasteiger partial charge in [-0.25, -0.2) is 0 Å². The van der Waals surface area contributed by atoms with E-state index >= 15 is 0 Å². The molecule has 0 radical (unpaired) electrons. The Morgan fingerprint density at radius 3 is 2.08 bits per heavy atom. The first kappa shape index (κ1) is 36.8. The average molecular weight is 667 g/mol. The molecule has 51 heavy (non-hydrogen) atoms. The molecule has 10 nitrogen and oxygen atoms in total. The lowest BCUT2D eigenvalue weighted by Gasteiger charge is -2.28. The molecule has 10 heteroatoms. The fourth-order valence-electron chi connectivity index (χ4n) is 6.60. The van der Waals surface area contributed by atoms with Gasteiger partial charge >= 0.3 is 0 Å². The summed E-state index contributed by atoms with van der Waals surface area (Å²) in [5, 5.41) is 81.6. The molecule has 0 spiro atoms. The summed E-state index contributed by atoms with van der Waals surface area (Å²) in [6, 6.07) is 20.1. The Morgan fingerprint density at radius 2 is 1.49 bits per heavy atom. The van der Waals surface area contributed by atoms with Crippen LogP contribution in [-0.2, 0) is 16.1 Å². The van der Waals surface area contributed by atoms with E-state index in [0.717, 1.165) is 0 Å². The molecule has 0 heterocycles. The highest BCUT2D eigenvalue weighted by molar-refractivity contribution is 6.09. The molecule has 1 aromatic carbocycles. The molecule has 0 amide bonds. The van der Waals surface area contributed by atoms with Crippen molar-refractivity contribution in [2.75, 3.05) is 19.8 Å². The van der Waals surface area contributed by atoms with Gasteiger partial charge in [0.25, 0.3) is 0 Å². The Labute approximate surface area is 297 Å². The molecule has 3 aliphatic carbocycles. The summed E-state index contributed by atoms with van der Waals surface area (Å²) in [5.74, 6) is -1.19. The van der Waals surface area contributed by atoms with Crippen LogP contribution in [0.1, 0.15) is 55.9 Å². The monoisotopic (exact) mass is 666 g/mol. The zero-order valence-corrected chi connectivity index (χ0v) is 28.3. The van der Waals surface area contributed by atoms with Crippen molar-refractivity contribution in [1.82, 2.24) is 0 Å². The van der Waals surface area contributed by atoms with Crippen molar-refractivity contribution in [3.8, 4) is 48.6 Å². The number of allylic oxidation sites excluding steroid dienone is 14. The van der Waals surface area contributed by atoms with Gasteiger partial charge in [0.2, 0.25) is 0 Å². The van der Waals surface area contributed by atoms with Crippen LogP contribution in [0.3, 0.4) is 0 Å². The topological polar surface area (TPSA) is 209 Å². The van der Waals surface area contributed by atoms with Gasteiger partial charge in [0.1, 0.15) is 41.5 Å². The first-order chi connectivity index (χ1) is 24.8. The summed E-state index contributed by atoms with van der Waals surface area (Å²) >= 11 is 0. The Kier molecular flexibility index (Phi) is 12.2. The van der Waals surface area contributed by atoms with Crippen LogP contribution >= 0.6 is 0 Å². The van der Waals surface area contributed by atoms with Crippen molar-refractivity contribution >= 4 is 11.1 Å². The molecule has 2 atom stereocenters. The molecule has 4 rings (SSSR count). The second kappa shape index (κ2) is 16.9. The van der Waals surface area contributed by atoms with Crippen LogP contribution in [-0.4, -0.2) is 19.8 Å². The molecule has 0 aliphatic heterocycles. The third-order valence-corrected chi connectivity index (χ3v) is 8.81. The Hall–Kier alpha value is -7.02. The summed E-state index contributed by atoms with van der Waals surface area (Å²) in [6.45, 7) is 6.46. The largest absolute Gasteiger partial charge is 0.377 e. The highest BCUT2D eigenvalue weighted by Gasteiger charge is 2.36. The maximum atomic E-state index is 10.5. The minimum atomic E-state index is -0.595. The van der Waals surface area contributed by atoms with E-state index in [4.69, 9.17) is 9.47 Å². The van der Waals surface area contributed by atoms with Gasteiger partial charge in [-0.15, -0.1) is 0 Å². The third-order valence-electron chi connectivity index (χ3n) is 8.81. The van der Waals surface area contributed by atoms with E-state index in [0.29, 0.717) is 68.9 Å². The lowest BCUT2D eigenvalue weighted by atomic mass is 9.74. The van der Waals surface area contributed by atoms with Crippen LogP contribution in [0.2, 0.25) is 0 Å². The molecule has 0 saturated heterocycles. The smallest absolute Gasteiger partial charge is 0.138 e. The van der Waals surface area contributed by atoms with Crippen LogP contribution in [0.4, 0.5) is 0 Å². The Balaban J connectivity index is 1.98. The average Bonchev–Trinajstić information content (AvgIpc) is 3.49. The van der Waals surface area contributed by atoms with Crippen molar-refractivity contribution in [2.45, 2.75) is 40.2 Å². The SMILES string of the molecule is CCOCC1=C/C(C)C(=C(C#N)C#N)/C(C2C=CC=C(C3=C(C#N)c4cc(C#N)c(COCC)cc4C3=C(C#N)C#N)C2)=C(/C#N)C/C=C\1C#N. The minimum absolute atomic E-state index is 0.0389. The van der Waals surface area contributed by atoms with Crippen molar-refractivity contribution in [2.24, 2.45) is 11.8 Å². The summed E-state index contributed by atoms with van der Waals surface area (Å²) in [7, 11) is 0. The number of fused-ring (bicyclic) bond motifs is 1. The van der Waals surface area contributed by atoms with Gasteiger partial charge in [-0.05, 0) is 65.8 Å². The minimum Gasteiger partial charge on any atom is -0.377 e. The molecular formula is C41H30N8O2. The highest BCUT2D eigenvalue weighted by atomic mass is 16.5. The van der Waals surface area contributed by atoms with Gasteiger partial charge < -0.3 is 9.47 Å². The molecule has 1 aromatic rings. The first-order valence-electron chi connectivity index (χ1n) is 16.1. The van der Waals surface area contributed by atoms with Gasteiger partial charge in [0, 0.05) is 53.8 Å². The van der Waals surface area contributed by atoms with Crippen LogP contribution < -0.4 is 0 Å². The standard InChI is InChI=1S/C41H30N8O2/c1-4-50-23-31-11-25(3)38(33(18-45)19-46)39(29(16-43)10-9-28(31)15-42)26-7-6-8-27(12-26)40-37(22-49)35-13-30(17-44)32(24-51-5-2)14-36(35)41(40)34(20-47)21-48/h6-9,11,13-14,25-26H,4-5,10,12,23-24H2,1-3H3/b28-9-,31-11-,39-29+. The van der Waals surface area contributed by atoms with Gasteiger partial charge in [0.05, 0.1) is 48.1 Å². The number of hydrogen-bond donors (Lipinski definition) is 0. The van der Waals surface area contributed by atoms with E-state index in [1.165, 1.54) is 0 Å². The second-order valence-corrected chi connectivity index (χ2v) is 11.6. The summed E-state index contributed by atoms with van der Waals surface area (Å²) < 4.78 is 11.2. The predicted octanol–water partition coefficient (Wildman–Crippen LogP) is 7.31. The molecular weight excluding hydrogens is 637 g/mol. The highest BCUT2D eigenvalue weighted by Crippen LogP contribution is 2.50. The van der Waals surface area contributed by atoms with Gasteiger partial charge in [0.15, 0.2) is 0 Å².